The third kappa shape index (κ3) is 7.65. The third-order valence-electron chi connectivity index (χ3n) is 4.15. The highest BCUT2D eigenvalue weighted by molar-refractivity contribution is 5.31. The Kier molecular flexibility index (Phi) is 9.03. The SMILES string of the molecule is CCCCCNCCCCOc1ccc(Cc2ccccc2)cc1. The van der Waals surface area contributed by atoms with E-state index < -0.39 is 0 Å². The molecule has 0 atom stereocenters. The van der Waals surface area contributed by atoms with Gasteiger partial charge in [0.15, 0.2) is 0 Å². The van der Waals surface area contributed by atoms with Gasteiger partial charge in [-0.3, -0.25) is 0 Å². The predicted octanol–water partition coefficient (Wildman–Crippen LogP) is 5.22. The fraction of sp³-hybridized carbons (Fsp3) is 0.455. The Morgan fingerprint density at radius 1 is 0.750 bits per heavy atom. The average Bonchev–Trinajstić information content (AvgIpc) is 2.62. The Morgan fingerprint density at radius 3 is 2.12 bits per heavy atom. The van der Waals surface area contributed by atoms with E-state index in [2.05, 4.69) is 66.8 Å². The maximum Gasteiger partial charge on any atom is 0.119 e. The van der Waals surface area contributed by atoms with Gasteiger partial charge in [0.25, 0.3) is 0 Å². The number of ether oxygens (including phenoxy) is 1. The fourth-order valence-electron chi connectivity index (χ4n) is 2.70. The molecule has 2 aromatic carbocycles. The molecule has 0 aliphatic carbocycles. The molecular weight excluding hydrogens is 294 g/mol. The lowest BCUT2D eigenvalue weighted by Gasteiger charge is -2.08. The monoisotopic (exact) mass is 325 g/mol. The van der Waals surface area contributed by atoms with Crippen LogP contribution in [0.1, 0.15) is 50.2 Å². The topological polar surface area (TPSA) is 21.3 Å². The molecule has 2 aromatic rings. The van der Waals surface area contributed by atoms with Crippen molar-refractivity contribution >= 4 is 0 Å². The molecule has 0 aliphatic rings. The molecule has 24 heavy (non-hydrogen) atoms. The van der Waals surface area contributed by atoms with Gasteiger partial charge in [-0.2, -0.15) is 0 Å². The number of benzene rings is 2. The number of nitrogens with one attached hydrogen (secondary N) is 1. The van der Waals surface area contributed by atoms with E-state index in [1.54, 1.807) is 0 Å². The summed E-state index contributed by atoms with van der Waals surface area (Å²) < 4.78 is 5.83. The maximum atomic E-state index is 5.83. The minimum absolute atomic E-state index is 0.800. The van der Waals surface area contributed by atoms with Gasteiger partial charge in [-0.1, -0.05) is 62.2 Å². The minimum Gasteiger partial charge on any atom is -0.494 e. The standard InChI is InChI=1S/C22H31NO/c1-2-3-7-16-23-17-8-9-18-24-22-14-12-21(13-15-22)19-20-10-5-4-6-11-20/h4-6,10-15,23H,2-3,7-9,16-19H2,1H3. The molecule has 0 aliphatic heterocycles. The van der Waals surface area contributed by atoms with E-state index in [1.807, 2.05) is 0 Å². The summed E-state index contributed by atoms with van der Waals surface area (Å²) in [6.07, 6.45) is 7.17. The molecule has 0 saturated heterocycles. The summed E-state index contributed by atoms with van der Waals surface area (Å²) in [6, 6.07) is 19.1. The van der Waals surface area contributed by atoms with Crippen molar-refractivity contribution in [2.24, 2.45) is 0 Å². The molecule has 0 amide bonds. The van der Waals surface area contributed by atoms with Crippen molar-refractivity contribution in [1.82, 2.24) is 5.32 Å². The Bertz CT molecular complexity index is 536. The molecule has 0 unspecified atom stereocenters. The average molecular weight is 325 g/mol. The first-order valence-electron chi connectivity index (χ1n) is 9.35. The Hall–Kier alpha value is -1.80. The van der Waals surface area contributed by atoms with Gasteiger partial charge in [0, 0.05) is 0 Å². The van der Waals surface area contributed by atoms with Crippen LogP contribution < -0.4 is 10.1 Å². The first kappa shape index (κ1) is 18.5. The van der Waals surface area contributed by atoms with Crippen LogP contribution in [0.3, 0.4) is 0 Å². The second-order valence-electron chi connectivity index (χ2n) is 6.32. The van der Waals surface area contributed by atoms with Crippen molar-refractivity contribution in [2.45, 2.75) is 45.4 Å². The predicted molar refractivity (Wildman–Crippen MR) is 103 cm³/mol. The van der Waals surface area contributed by atoms with Crippen LogP contribution in [0.5, 0.6) is 5.75 Å². The van der Waals surface area contributed by atoms with Gasteiger partial charge in [0.1, 0.15) is 5.75 Å². The van der Waals surface area contributed by atoms with Crippen LogP contribution in [0.15, 0.2) is 54.6 Å². The van der Waals surface area contributed by atoms with Crippen molar-refractivity contribution in [3.05, 3.63) is 65.7 Å². The molecule has 2 nitrogen and oxygen atoms in total. The van der Waals surface area contributed by atoms with E-state index >= 15 is 0 Å². The van der Waals surface area contributed by atoms with Gasteiger partial charge >= 0.3 is 0 Å². The van der Waals surface area contributed by atoms with Crippen LogP contribution >= 0.6 is 0 Å². The molecule has 0 aromatic heterocycles. The normalized spacial score (nSPS) is 10.7. The third-order valence-corrected chi connectivity index (χ3v) is 4.15. The summed E-state index contributed by atoms with van der Waals surface area (Å²) in [7, 11) is 0. The van der Waals surface area contributed by atoms with Gasteiger partial charge in [0.05, 0.1) is 6.61 Å². The highest BCUT2D eigenvalue weighted by Crippen LogP contribution is 2.15. The Balaban J connectivity index is 1.57. The van der Waals surface area contributed by atoms with E-state index in [1.165, 1.54) is 36.8 Å². The fourth-order valence-corrected chi connectivity index (χ4v) is 2.70. The zero-order valence-electron chi connectivity index (χ0n) is 15.0. The summed E-state index contributed by atoms with van der Waals surface area (Å²) in [5.74, 6) is 0.975. The van der Waals surface area contributed by atoms with E-state index in [4.69, 9.17) is 4.74 Å². The Morgan fingerprint density at radius 2 is 1.42 bits per heavy atom. The summed E-state index contributed by atoms with van der Waals surface area (Å²) in [4.78, 5) is 0. The van der Waals surface area contributed by atoms with Crippen molar-refractivity contribution in [3.63, 3.8) is 0 Å². The van der Waals surface area contributed by atoms with Gasteiger partial charge < -0.3 is 10.1 Å². The smallest absolute Gasteiger partial charge is 0.119 e. The summed E-state index contributed by atoms with van der Waals surface area (Å²) >= 11 is 0. The molecule has 0 heterocycles. The van der Waals surface area contributed by atoms with Gasteiger partial charge in [-0.05, 0) is 62.0 Å². The maximum absolute atomic E-state index is 5.83. The molecule has 0 fully saturated rings. The minimum atomic E-state index is 0.800. The molecular formula is C22H31NO. The highest BCUT2D eigenvalue weighted by atomic mass is 16.5. The zero-order chi connectivity index (χ0) is 16.9. The van der Waals surface area contributed by atoms with E-state index in [0.29, 0.717) is 0 Å². The van der Waals surface area contributed by atoms with Crippen molar-refractivity contribution in [1.29, 1.82) is 0 Å². The van der Waals surface area contributed by atoms with E-state index in [0.717, 1.165) is 38.3 Å². The van der Waals surface area contributed by atoms with Crippen LogP contribution in [-0.4, -0.2) is 19.7 Å². The lowest BCUT2D eigenvalue weighted by atomic mass is 10.1. The quantitative estimate of drug-likeness (QED) is 0.540. The molecule has 2 rings (SSSR count). The number of rotatable bonds is 12. The highest BCUT2D eigenvalue weighted by Gasteiger charge is 1.98. The van der Waals surface area contributed by atoms with Crippen molar-refractivity contribution in [3.8, 4) is 5.75 Å². The van der Waals surface area contributed by atoms with Gasteiger partial charge in [-0.25, -0.2) is 0 Å². The van der Waals surface area contributed by atoms with Gasteiger partial charge in [-0.15, -0.1) is 0 Å². The molecule has 0 saturated carbocycles. The number of hydrogen-bond donors (Lipinski definition) is 1. The first-order chi connectivity index (χ1) is 11.9. The van der Waals surface area contributed by atoms with Gasteiger partial charge in [0.2, 0.25) is 0 Å². The Labute approximate surface area is 147 Å². The molecule has 2 heteroatoms. The second-order valence-corrected chi connectivity index (χ2v) is 6.32. The van der Waals surface area contributed by atoms with Crippen molar-refractivity contribution < 1.29 is 4.74 Å². The summed E-state index contributed by atoms with van der Waals surface area (Å²) in [5, 5.41) is 3.49. The molecule has 0 spiro atoms. The lowest BCUT2D eigenvalue weighted by molar-refractivity contribution is 0.305. The van der Waals surface area contributed by atoms with Crippen LogP contribution in [0, 0.1) is 0 Å². The molecule has 1 N–H and O–H groups in total. The summed E-state index contributed by atoms with van der Waals surface area (Å²) in [5.41, 5.74) is 2.67. The van der Waals surface area contributed by atoms with Crippen LogP contribution in [0.2, 0.25) is 0 Å². The molecule has 0 bridgehead atoms. The largest absolute Gasteiger partial charge is 0.494 e. The zero-order valence-corrected chi connectivity index (χ0v) is 15.0. The lowest BCUT2D eigenvalue weighted by Crippen LogP contribution is -2.17. The van der Waals surface area contributed by atoms with Crippen LogP contribution in [0.4, 0.5) is 0 Å². The first-order valence-corrected chi connectivity index (χ1v) is 9.35. The molecule has 130 valence electrons. The van der Waals surface area contributed by atoms with E-state index in [-0.39, 0.29) is 0 Å². The number of hydrogen-bond acceptors (Lipinski definition) is 2. The summed E-state index contributed by atoms with van der Waals surface area (Å²) in [6.45, 7) is 5.29. The van der Waals surface area contributed by atoms with E-state index in [9.17, 15) is 0 Å². The second kappa shape index (κ2) is 11.7. The number of unbranched alkanes of at least 4 members (excludes halogenated alkanes) is 3. The van der Waals surface area contributed by atoms with Crippen LogP contribution in [-0.2, 0) is 6.42 Å². The molecule has 0 radical (unpaired) electrons. The van der Waals surface area contributed by atoms with Crippen LogP contribution in [0.25, 0.3) is 0 Å². The van der Waals surface area contributed by atoms with Crippen molar-refractivity contribution in [2.75, 3.05) is 19.7 Å².